The number of carbonyl (C=O) groups is 1. The maximum Gasteiger partial charge on any atom is 0.251 e. The van der Waals surface area contributed by atoms with Crippen molar-refractivity contribution >= 4 is 27.3 Å². The third kappa shape index (κ3) is 4.68. The van der Waals surface area contributed by atoms with E-state index < -0.39 is 16.1 Å². The second-order valence-electron chi connectivity index (χ2n) is 6.24. The first-order chi connectivity index (χ1) is 12.1. The second kappa shape index (κ2) is 8.12. The molecule has 1 aliphatic carbocycles. The summed E-state index contributed by atoms with van der Waals surface area (Å²) in [4.78, 5) is 12.8. The SMILES string of the molecule is O=C(NC1CCCCC1)[C@H](NS(=O)(=O)c1cccs1)c1ccccc1. The summed E-state index contributed by atoms with van der Waals surface area (Å²) >= 11 is 1.13. The summed E-state index contributed by atoms with van der Waals surface area (Å²) in [5, 5.41) is 4.73. The Bertz CT molecular complexity index is 783. The number of carbonyl (C=O) groups excluding carboxylic acids is 1. The number of amides is 1. The number of thiophene rings is 1. The Labute approximate surface area is 152 Å². The Hall–Kier alpha value is -1.70. The van der Waals surface area contributed by atoms with Crippen LogP contribution in [0, 0.1) is 0 Å². The van der Waals surface area contributed by atoms with Gasteiger partial charge in [0.2, 0.25) is 5.91 Å². The van der Waals surface area contributed by atoms with Crippen LogP contribution in [0.25, 0.3) is 0 Å². The van der Waals surface area contributed by atoms with Crippen LogP contribution in [0.4, 0.5) is 0 Å². The highest BCUT2D eigenvalue weighted by molar-refractivity contribution is 7.91. The number of hydrogen-bond acceptors (Lipinski definition) is 4. The van der Waals surface area contributed by atoms with Gasteiger partial charge in [0.15, 0.2) is 0 Å². The van der Waals surface area contributed by atoms with E-state index in [1.165, 1.54) is 12.5 Å². The van der Waals surface area contributed by atoms with Gasteiger partial charge in [0.05, 0.1) is 0 Å². The Morgan fingerprint density at radius 2 is 1.76 bits per heavy atom. The van der Waals surface area contributed by atoms with Gasteiger partial charge in [0.1, 0.15) is 10.3 Å². The molecule has 0 saturated heterocycles. The molecule has 1 heterocycles. The van der Waals surface area contributed by atoms with Gasteiger partial charge in [-0.05, 0) is 29.9 Å². The second-order valence-corrected chi connectivity index (χ2v) is 9.13. The average molecular weight is 379 g/mol. The van der Waals surface area contributed by atoms with Crippen molar-refractivity contribution in [1.82, 2.24) is 10.0 Å². The number of rotatable bonds is 6. The van der Waals surface area contributed by atoms with E-state index in [0.717, 1.165) is 37.0 Å². The fraction of sp³-hybridized carbons (Fsp3) is 0.389. The van der Waals surface area contributed by atoms with Crippen LogP contribution < -0.4 is 10.0 Å². The predicted octanol–water partition coefficient (Wildman–Crippen LogP) is 3.22. The van der Waals surface area contributed by atoms with Crippen LogP contribution in [0.2, 0.25) is 0 Å². The topological polar surface area (TPSA) is 75.3 Å². The smallest absolute Gasteiger partial charge is 0.251 e. The molecule has 0 unspecified atom stereocenters. The first kappa shape index (κ1) is 18.1. The molecule has 7 heteroatoms. The van der Waals surface area contributed by atoms with E-state index in [9.17, 15) is 13.2 Å². The molecule has 0 aliphatic heterocycles. The van der Waals surface area contributed by atoms with E-state index >= 15 is 0 Å². The summed E-state index contributed by atoms with van der Waals surface area (Å²) in [6, 6.07) is 11.4. The molecule has 1 aromatic heterocycles. The summed E-state index contributed by atoms with van der Waals surface area (Å²) in [5.74, 6) is -0.293. The molecule has 5 nitrogen and oxygen atoms in total. The lowest BCUT2D eigenvalue weighted by Gasteiger charge is -2.26. The molecule has 1 aromatic carbocycles. The molecule has 1 amide bonds. The third-order valence-electron chi connectivity index (χ3n) is 4.38. The van der Waals surface area contributed by atoms with Gasteiger partial charge >= 0.3 is 0 Å². The predicted molar refractivity (Wildman–Crippen MR) is 98.8 cm³/mol. The first-order valence-corrected chi connectivity index (χ1v) is 10.8. The number of sulfonamides is 1. The van der Waals surface area contributed by atoms with E-state index in [2.05, 4.69) is 10.0 Å². The number of hydrogen-bond donors (Lipinski definition) is 2. The van der Waals surface area contributed by atoms with Crippen molar-refractivity contribution < 1.29 is 13.2 Å². The standard InChI is InChI=1S/C18H22N2O3S2/c21-18(19-15-10-5-2-6-11-15)17(14-8-3-1-4-9-14)20-25(22,23)16-12-7-13-24-16/h1,3-4,7-9,12-13,15,17,20H,2,5-6,10-11H2,(H,19,21)/t17-/m1/s1. The minimum absolute atomic E-state index is 0.124. The molecule has 3 rings (SSSR count). The van der Waals surface area contributed by atoms with Gasteiger partial charge in [0.25, 0.3) is 10.0 Å². The van der Waals surface area contributed by atoms with Gasteiger partial charge < -0.3 is 5.32 Å². The minimum atomic E-state index is -3.74. The van der Waals surface area contributed by atoms with E-state index in [1.807, 2.05) is 6.07 Å². The van der Waals surface area contributed by atoms with Gasteiger partial charge in [-0.15, -0.1) is 11.3 Å². The van der Waals surface area contributed by atoms with Crippen LogP contribution in [0.15, 0.2) is 52.1 Å². The maximum absolute atomic E-state index is 12.8. The van der Waals surface area contributed by atoms with Crippen LogP contribution in [0.1, 0.15) is 43.7 Å². The average Bonchev–Trinajstić information content (AvgIpc) is 3.17. The molecule has 2 aromatic rings. The maximum atomic E-state index is 12.8. The normalized spacial score (nSPS) is 17.1. The van der Waals surface area contributed by atoms with Gasteiger partial charge in [-0.25, -0.2) is 8.42 Å². The first-order valence-electron chi connectivity index (χ1n) is 8.47. The van der Waals surface area contributed by atoms with Crippen molar-refractivity contribution in [3.63, 3.8) is 0 Å². The summed E-state index contributed by atoms with van der Waals surface area (Å²) in [7, 11) is -3.74. The number of benzene rings is 1. The van der Waals surface area contributed by atoms with Crippen LogP contribution in [0.3, 0.4) is 0 Å². The summed E-state index contributed by atoms with van der Waals surface area (Å²) in [6.07, 6.45) is 5.29. The Balaban J connectivity index is 1.81. The molecule has 1 aliphatic rings. The lowest BCUT2D eigenvalue weighted by molar-refractivity contribution is -0.123. The Morgan fingerprint density at radius 1 is 1.04 bits per heavy atom. The van der Waals surface area contributed by atoms with Crippen molar-refractivity contribution in [2.75, 3.05) is 0 Å². The fourth-order valence-electron chi connectivity index (χ4n) is 3.08. The van der Waals surface area contributed by atoms with Crippen molar-refractivity contribution in [2.24, 2.45) is 0 Å². The highest BCUT2D eigenvalue weighted by atomic mass is 32.2. The van der Waals surface area contributed by atoms with Crippen molar-refractivity contribution in [3.8, 4) is 0 Å². The lowest BCUT2D eigenvalue weighted by Crippen LogP contribution is -2.44. The Kier molecular flexibility index (Phi) is 5.88. The van der Waals surface area contributed by atoms with Crippen LogP contribution >= 0.6 is 11.3 Å². The van der Waals surface area contributed by atoms with E-state index in [1.54, 1.807) is 35.7 Å². The monoisotopic (exact) mass is 378 g/mol. The van der Waals surface area contributed by atoms with Crippen LogP contribution in [0.5, 0.6) is 0 Å². The fourth-order valence-corrected chi connectivity index (χ4v) is 5.27. The van der Waals surface area contributed by atoms with Crippen molar-refractivity contribution in [2.45, 2.75) is 48.4 Å². The quantitative estimate of drug-likeness (QED) is 0.810. The van der Waals surface area contributed by atoms with E-state index in [-0.39, 0.29) is 16.2 Å². The molecule has 1 fully saturated rings. The molecule has 0 bridgehead atoms. The summed E-state index contributed by atoms with van der Waals surface area (Å²) < 4.78 is 28.0. The number of nitrogens with one attached hydrogen (secondary N) is 2. The molecule has 25 heavy (non-hydrogen) atoms. The minimum Gasteiger partial charge on any atom is -0.352 e. The molecular weight excluding hydrogens is 356 g/mol. The molecule has 1 saturated carbocycles. The van der Waals surface area contributed by atoms with Gasteiger partial charge in [0, 0.05) is 6.04 Å². The molecule has 134 valence electrons. The van der Waals surface area contributed by atoms with E-state index in [0.29, 0.717) is 5.56 Å². The van der Waals surface area contributed by atoms with Gasteiger partial charge in [-0.3, -0.25) is 4.79 Å². The zero-order valence-corrected chi connectivity index (χ0v) is 15.5. The Morgan fingerprint density at radius 3 is 2.40 bits per heavy atom. The highest BCUT2D eigenvalue weighted by Crippen LogP contribution is 2.22. The molecule has 1 atom stereocenters. The van der Waals surface area contributed by atoms with Crippen LogP contribution in [-0.4, -0.2) is 20.4 Å². The lowest BCUT2D eigenvalue weighted by atomic mass is 9.95. The zero-order valence-electron chi connectivity index (χ0n) is 13.9. The summed E-state index contributed by atoms with van der Waals surface area (Å²) in [6.45, 7) is 0. The van der Waals surface area contributed by atoms with Gasteiger partial charge in [-0.1, -0.05) is 55.7 Å². The third-order valence-corrected chi connectivity index (χ3v) is 7.20. The van der Waals surface area contributed by atoms with Gasteiger partial charge in [-0.2, -0.15) is 4.72 Å². The molecule has 2 N–H and O–H groups in total. The molecule has 0 spiro atoms. The van der Waals surface area contributed by atoms with E-state index in [4.69, 9.17) is 0 Å². The molecule has 0 radical (unpaired) electrons. The zero-order chi connectivity index (χ0) is 17.7. The summed E-state index contributed by atoms with van der Waals surface area (Å²) in [5.41, 5.74) is 0.635. The highest BCUT2D eigenvalue weighted by Gasteiger charge is 2.29. The van der Waals surface area contributed by atoms with Crippen molar-refractivity contribution in [1.29, 1.82) is 0 Å². The molecular formula is C18H22N2O3S2. The van der Waals surface area contributed by atoms with Crippen LogP contribution in [-0.2, 0) is 14.8 Å². The van der Waals surface area contributed by atoms with Crippen molar-refractivity contribution in [3.05, 3.63) is 53.4 Å². The largest absolute Gasteiger partial charge is 0.352 e.